The number of benzene rings is 3. The molecular weight excluding hydrogens is 466 g/mol. The van der Waals surface area contributed by atoms with E-state index in [-0.39, 0.29) is 17.0 Å². The molecule has 0 saturated carbocycles. The van der Waals surface area contributed by atoms with Crippen molar-refractivity contribution in [1.82, 2.24) is 5.32 Å². The van der Waals surface area contributed by atoms with E-state index in [1.54, 1.807) is 45.0 Å². The van der Waals surface area contributed by atoms with E-state index in [2.05, 4.69) is 10.4 Å². The Balaban J connectivity index is 1.90. The van der Waals surface area contributed by atoms with Gasteiger partial charge in [0.1, 0.15) is 24.8 Å². The molecule has 2 N–H and O–H groups in total. The third kappa shape index (κ3) is 9.37. The molecule has 0 fully saturated rings. The van der Waals surface area contributed by atoms with Gasteiger partial charge in [-0.1, -0.05) is 96.1 Å². The minimum Gasteiger partial charge on any atom is -0.855 e. The van der Waals surface area contributed by atoms with Crippen molar-refractivity contribution in [2.75, 3.05) is 13.6 Å². The van der Waals surface area contributed by atoms with Gasteiger partial charge in [0.2, 0.25) is 0 Å². The van der Waals surface area contributed by atoms with Gasteiger partial charge in [-0.05, 0) is 38.3 Å². The smallest absolute Gasteiger partial charge is 0.407 e. The second kappa shape index (κ2) is 12.5. The van der Waals surface area contributed by atoms with Gasteiger partial charge in [-0.15, -0.1) is 0 Å². The standard InChI is InChI=1S/C30H37N3O4/c1-30(2,3)37-29(36)31-26(20-23-14-8-5-9-15-23)27(34)22-33(4,21-24-16-10-6-11-17-24)32-28(35)25-18-12-7-13-19-25/h5-19,26-27,34H,20-22H2,1-4H3,(H-,31,32,35,36)/t26-,27-,33?/m0/s1. The Labute approximate surface area is 219 Å². The zero-order chi connectivity index (χ0) is 26.9. The lowest BCUT2D eigenvalue weighted by atomic mass is 10.0. The van der Waals surface area contributed by atoms with E-state index < -0.39 is 23.8 Å². The number of alkyl carbamates (subject to hydrolysis) is 1. The summed E-state index contributed by atoms with van der Waals surface area (Å²) in [5.41, 5.74) is 1.72. The Kier molecular flexibility index (Phi) is 9.44. The molecule has 0 aliphatic carbocycles. The molecule has 3 atom stereocenters. The van der Waals surface area contributed by atoms with E-state index in [4.69, 9.17) is 4.74 Å². The Morgan fingerprint density at radius 3 is 2.00 bits per heavy atom. The number of hydrogen-bond donors (Lipinski definition) is 2. The van der Waals surface area contributed by atoms with Crippen molar-refractivity contribution in [2.45, 2.75) is 51.5 Å². The Morgan fingerprint density at radius 1 is 0.946 bits per heavy atom. The minimum atomic E-state index is -1.02. The lowest BCUT2D eigenvalue weighted by Crippen LogP contribution is -2.54. The van der Waals surface area contributed by atoms with Crippen LogP contribution in [0.4, 0.5) is 4.79 Å². The number of amides is 1. The molecule has 0 spiro atoms. The predicted octanol–water partition coefficient (Wildman–Crippen LogP) is 3.85. The first kappa shape index (κ1) is 27.9. The number of quaternary nitrogens is 1. The summed E-state index contributed by atoms with van der Waals surface area (Å²) in [6, 6.07) is 27.5. The molecule has 1 unspecified atom stereocenters. The van der Waals surface area contributed by atoms with Crippen LogP contribution in [0.25, 0.3) is 0 Å². The zero-order valence-corrected chi connectivity index (χ0v) is 22.0. The van der Waals surface area contributed by atoms with Crippen LogP contribution in [0, 0.1) is 0 Å². The van der Waals surface area contributed by atoms with Crippen LogP contribution >= 0.6 is 0 Å². The van der Waals surface area contributed by atoms with Crippen molar-refractivity contribution < 1.29 is 24.3 Å². The average molecular weight is 504 g/mol. The minimum absolute atomic E-state index is 0.0970. The monoisotopic (exact) mass is 503 g/mol. The van der Waals surface area contributed by atoms with Crippen LogP contribution in [0.5, 0.6) is 0 Å². The van der Waals surface area contributed by atoms with Gasteiger partial charge in [0, 0.05) is 5.56 Å². The van der Waals surface area contributed by atoms with Crippen LogP contribution in [-0.2, 0) is 17.7 Å². The molecule has 0 aliphatic heterocycles. The van der Waals surface area contributed by atoms with Gasteiger partial charge in [-0.2, -0.15) is 4.59 Å². The average Bonchev–Trinajstić information content (AvgIpc) is 2.84. The van der Waals surface area contributed by atoms with Crippen LogP contribution in [0.1, 0.15) is 37.5 Å². The van der Waals surface area contributed by atoms with Crippen molar-refractivity contribution in [3.8, 4) is 0 Å². The topological polar surface area (TPSA) is 94.0 Å². The highest BCUT2D eigenvalue weighted by atomic mass is 16.6. The summed E-state index contributed by atoms with van der Waals surface area (Å²) < 4.78 is 5.36. The zero-order valence-electron chi connectivity index (χ0n) is 22.0. The van der Waals surface area contributed by atoms with Crippen LogP contribution in [0.3, 0.4) is 0 Å². The fraction of sp³-hybridized carbons (Fsp3) is 0.333. The SMILES string of the molecule is CC(C)(C)OC(=O)N[C@@H](Cc1ccccc1)[C@@H](O)C[N+](C)(Cc1ccccc1)/N=C(\[O-])c1ccccc1. The van der Waals surface area contributed by atoms with Gasteiger partial charge >= 0.3 is 6.09 Å². The summed E-state index contributed by atoms with van der Waals surface area (Å²) in [6.07, 6.45) is -1.24. The highest BCUT2D eigenvalue weighted by Gasteiger charge is 2.33. The number of carbonyl (C=O) groups is 1. The second-order valence-corrected chi connectivity index (χ2v) is 10.4. The van der Waals surface area contributed by atoms with E-state index in [9.17, 15) is 15.0 Å². The van der Waals surface area contributed by atoms with Gasteiger partial charge in [-0.3, -0.25) is 0 Å². The van der Waals surface area contributed by atoms with E-state index in [0.29, 0.717) is 18.5 Å². The molecule has 7 nitrogen and oxygen atoms in total. The van der Waals surface area contributed by atoms with Crippen molar-refractivity contribution in [3.63, 3.8) is 0 Å². The molecule has 3 aromatic rings. The summed E-state index contributed by atoms with van der Waals surface area (Å²) >= 11 is 0. The van der Waals surface area contributed by atoms with Crippen LogP contribution in [0.15, 0.2) is 96.1 Å². The maximum absolute atomic E-state index is 13.1. The molecule has 7 heteroatoms. The molecule has 37 heavy (non-hydrogen) atoms. The van der Waals surface area contributed by atoms with Crippen molar-refractivity contribution in [1.29, 1.82) is 0 Å². The molecule has 3 rings (SSSR count). The normalized spacial score (nSPS) is 15.3. The van der Waals surface area contributed by atoms with E-state index in [0.717, 1.165) is 11.1 Å². The molecule has 0 heterocycles. The summed E-state index contributed by atoms with van der Waals surface area (Å²) in [7, 11) is 1.81. The predicted molar refractivity (Wildman–Crippen MR) is 143 cm³/mol. The van der Waals surface area contributed by atoms with Crippen LogP contribution < -0.4 is 10.4 Å². The van der Waals surface area contributed by atoms with Gasteiger partial charge in [0.25, 0.3) is 0 Å². The van der Waals surface area contributed by atoms with Crippen molar-refractivity contribution in [3.05, 3.63) is 108 Å². The van der Waals surface area contributed by atoms with E-state index in [1.165, 1.54) is 0 Å². The number of nitrogens with one attached hydrogen (secondary N) is 1. The van der Waals surface area contributed by atoms with Gasteiger partial charge in [-0.25, -0.2) is 4.79 Å². The highest BCUT2D eigenvalue weighted by molar-refractivity contribution is 5.89. The van der Waals surface area contributed by atoms with E-state index in [1.807, 2.05) is 73.8 Å². The summed E-state index contributed by atoms with van der Waals surface area (Å²) in [4.78, 5) is 12.7. The lowest BCUT2D eigenvalue weighted by molar-refractivity contribution is -0.933. The summed E-state index contributed by atoms with van der Waals surface area (Å²) in [5.74, 6) is -0.369. The third-order valence-electron chi connectivity index (χ3n) is 5.76. The summed E-state index contributed by atoms with van der Waals surface area (Å²) in [5, 5.41) is 31.9. The van der Waals surface area contributed by atoms with Crippen LogP contribution in [-0.4, -0.2) is 53.0 Å². The Hall–Kier alpha value is -3.68. The molecule has 1 amide bonds. The number of rotatable bonds is 10. The Morgan fingerprint density at radius 2 is 1.46 bits per heavy atom. The van der Waals surface area contributed by atoms with Gasteiger partial charge in [0.15, 0.2) is 0 Å². The first-order valence-electron chi connectivity index (χ1n) is 12.5. The van der Waals surface area contributed by atoms with E-state index >= 15 is 0 Å². The number of nitrogens with zero attached hydrogens (tertiary/aromatic N) is 2. The van der Waals surface area contributed by atoms with Gasteiger partial charge in [0.05, 0.1) is 19.0 Å². The Bertz CT molecular complexity index is 1150. The van der Waals surface area contributed by atoms with Crippen LogP contribution in [0.2, 0.25) is 0 Å². The molecule has 0 radical (unpaired) electrons. The number of hydrogen-bond acceptors (Lipinski definition) is 5. The number of carbonyl (C=O) groups excluding carboxylic acids is 1. The molecule has 3 aromatic carbocycles. The molecular formula is C30H37N3O4. The molecule has 0 bridgehead atoms. The molecule has 0 aromatic heterocycles. The molecule has 196 valence electrons. The van der Waals surface area contributed by atoms with Gasteiger partial charge < -0.3 is 20.3 Å². The number of ether oxygens (including phenoxy) is 1. The highest BCUT2D eigenvalue weighted by Crippen LogP contribution is 2.18. The first-order valence-corrected chi connectivity index (χ1v) is 12.5. The molecule has 0 saturated heterocycles. The third-order valence-corrected chi connectivity index (χ3v) is 5.76. The first-order chi connectivity index (χ1) is 17.5. The second-order valence-electron chi connectivity index (χ2n) is 10.4. The number of aliphatic hydroxyl groups is 1. The quantitative estimate of drug-likeness (QED) is 0.190. The summed E-state index contributed by atoms with van der Waals surface area (Å²) in [6.45, 7) is 5.85. The number of aliphatic hydroxyl groups excluding tert-OH is 1. The molecule has 0 aliphatic rings. The van der Waals surface area contributed by atoms with Crippen molar-refractivity contribution in [2.24, 2.45) is 5.10 Å². The van der Waals surface area contributed by atoms with Crippen molar-refractivity contribution >= 4 is 12.0 Å². The maximum atomic E-state index is 13.1. The number of likely N-dealkylation sites (N-methyl/N-ethyl adjacent to an activating group) is 1. The lowest BCUT2D eigenvalue weighted by Gasteiger charge is -2.34. The fourth-order valence-corrected chi connectivity index (χ4v) is 4.12. The largest absolute Gasteiger partial charge is 0.855 e. The fourth-order valence-electron chi connectivity index (χ4n) is 4.12. The maximum Gasteiger partial charge on any atom is 0.407 e.